The number of carbonyl (C=O) groups is 4. The highest BCUT2D eigenvalue weighted by molar-refractivity contribution is 6.31. The van der Waals surface area contributed by atoms with Crippen LogP contribution >= 0.6 is 11.6 Å². The van der Waals surface area contributed by atoms with E-state index in [0.29, 0.717) is 35.2 Å². The van der Waals surface area contributed by atoms with E-state index in [2.05, 4.69) is 12.2 Å². The van der Waals surface area contributed by atoms with Crippen LogP contribution in [0.25, 0.3) is 0 Å². The highest BCUT2D eigenvalue weighted by atomic mass is 35.5. The van der Waals surface area contributed by atoms with Crippen LogP contribution in [0, 0.1) is 24.7 Å². The second kappa shape index (κ2) is 9.35. The summed E-state index contributed by atoms with van der Waals surface area (Å²) in [5.74, 6) is -1.82. The quantitative estimate of drug-likeness (QED) is 0.519. The summed E-state index contributed by atoms with van der Waals surface area (Å²) in [6.07, 6.45) is 2.34. The Morgan fingerprint density at radius 3 is 2.64 bits per heavy atom. The van der Waals surface area contributed by atoms with Crippen molar-refractivity contribution in [3.05, 3.63) is 58.6 Å². The van der Waals surface area contributed by atoms with Gasteiger partial charge in [0.2, 0.25) is 11.8 Å². The lowest BCUT2D eigenvalue weighted by atomic mass is 9.76. The number of nitrogens with one attached hydrogen (secondary N) is 1. The Morgan fingerprint density at radius 2 is 1.85 bits per heavy atom. The van der Waals surface area contributed by atoms with Crippen LogP contribution in [0.15, 0.2) is 42.5 Å². The number of anilines is 2. The van der Waals surface area contributed by atoms with Gasteiger partial charge in [-0.1, -0.05) is 30.7 Å². The fourth-order valence-corrected chi connectivity index (χ4v) is 4.72. The number of aryl methyl sites for hydroxylation is 1. The van der Waals surface area contributed by atoms with Crippen molar-refractivity contribution in [1.29, 1.82) is 0 Å². The fraction of sp³-hybridized carbons (Fsp3) is 0.360. The zero-order chi connectivity index (χ0) is 23.7. The van der Waals surface area contributed by atoms with Gasteiger partial charge >= 0.3 is 5.97 Å². The SMILES string of the molecule is Cc1ccc(Cl)cc1NC(=O)COC(=O)c1cccc(N2C(=O)[C@@H]3CC[C@H](C)C[C@H]3C2=O)c1. The van der Waals surface area contributed by atoms with Crippen molar-refractivity contribution in [2.45, 2.75) is 33.1 Å². The second-order valence-electron chi connectivity index (χ2n) is 8.78. The molecule has 2 fully saturated rings. The second-order valence-corrected chi connectivity index (χ2v) is 9.21. The van der Waals surface area contributed by atoms with Crippen molar-refractivity contribution in [1.82, 2.24) is 0 Å². The predicted octanol–water partition coefficient (Wildman–Crippen LogP) is 4.37. The van der Waals surface area contributed by atoms with Crippen molar-refractivity contribution >= 4 is 46.7 Å². The molecule has 3 amide bonds. The van der Waals surface area contributed by atoms with E-state index in [1.54, 1.807) is 30.3 Å². The lowest BCUT2D eigenvalue weighted by molar-refractivity contribution is -0.122. The molecule has 0 bridgehead atoms. The van der Waals surface area contributed by atoms with Gasteiger partial charge in [-0.05, 0) is 68.0 Å². The van der Waals surface area contributed by atoms with Crippen molar-refractivity contribution in [2.75, 3.05) is 16.8 Å². The highest BCUT2D eigenvalue weighted by Gasteiger charge is 2.50. The van der Waals surface area contributed by atoms with Gasteiger partial charge in [-0.25, -0.2) is 4.79 Å². The molecule has 7 nitrogen and oxygen atoms in total. The first-order valence-electron chi connectivity index (χ1n) is 11.0. The van der Waals surface area contributed by atoms with Crippen molar-refractivity contribution in [3.8, 4) is 0 Å². The van der Waals surface area contributed by atoms with Gasteiger partial charge in [0.05, 0.1) is 23.1 Å². The molecule has 2 aromatic carbocycles. The largest absolute Gasteiger partial charge is 0.452 e. The van der Waals surface area contributed by atoms with Gasteiger partial charge in [0.1, 0.15) is 0 Å². The maximum absolute atomic E-state index is 12.9. The number of imide groups is 1. The van der Waals surface area contributed by atoms with E-state index in [-0.39, 0.29) is 29.2 Å². The molecule has 1 aliphatic heterocycles. The first-order chi connectivity index (χ1) is 15.7. The summed E-state index contributed by atoms with van der Waals surface area (Å²) in [4.78, 5) is 51.8. The van der Waals surface area contributed by atoms with Crippen LogP contribution in [-0.4, -0.2) is 30.3 Å². The minimum Gasteiger partial charge on any atom is -0.452 e. The molecule has 0 spiro atoms. The normalized spacial score (nSPS) is 22.2. The number of amides is 3. The smallest absolute Gasteiger partial charge is 0.338 e. The van der Waals surface area contributed by atoms with Crippen LogP contribution in [0.2, 0.25) is 5.02 Å². The van der Waals surface area contributed by atoms with Crippen LogP contribution in [0.3, 0.4) is 0 Å². The number of hydrogen-bond acceptors (Lipinski definition) is 5. The van der Waals surface area contributed by atoms with Gasteiger partial charge < -0.3 is 10.1 Å². The summed E-state index contributed by atoms with van der Waals surface area (Å²) in [6.45, 7) is 3.43. The molecule has 0 radical (unpaired) electrons. The number of nitrogens with zero attached hydrogens (tertiary/aromatic N) is 1. The number of hydrogen-bond donors (Lipinski definition) is 1. The molecule has 1 saturated heterocycles. The molecule has 1 saturated carbocycles. The Hall–Kier alpha value is -3.19. The first kappa shape index (κ1) is 23.0. The summed E-state index contributed by atoms with van der Waals surface area (Å²) in [5, 5.41) is 3.14. The van der Waals surface area contributed by atoms with Crippen LogP contribution in [0.5, 0.6) is 0 Å². The number of fused-ring (bicyclic) bond motifs is 1. The van der Waals surface area contributed by atoms with Gasteiger partial charge in [-0.2, -0.15) is 0 Å². The minimum atomic E-state index is -0.722. The van der Waals surface area contributed by atoms with E-state index >= 15 is 0 Å². The molecule has 1 heterocycles. The van der Waals surface area contributed by atoms with Gasteiger partial charge in [0.15, 0.2) is 6.61 Å². The fourth-order valence-electron chi connectivity index (χ4n) is 4.55. The lowest BCUT2D eigenvalue weighted by Crippen LogP contribution is -2.31. The van der Waals surface area contributed by atoms with Gasteiger partial charge in [0, 0.05) is 10.7 Å². The number of halogens is 1. The first-order valence-corrected chi connectivity index (χ1v) is 11.3. The molecule has 0 unspecified atom stereocenters. The molecule has 4 rings (SSSR count). The third kappa shape index (κ3) is 4.78. The van der Waals surface area contributed by atoms with E-state index in [4.69, 9.17) is 16.3 Å². The van der Waals surface area contributed by atoms with Crippen LogP contribution in [-0.2, 0) is 19.1 Å². The van der Waals surface area contributed by atoms with Crippen molar-refractivity contribution in [2.24, 2.45) is 17.8 Å². The summed E-state index contributed by atoms with van der Waals surface area (Å²) in [5.41, 5.74) is 1.86. The Kier molecular flexibility index (Phi) is 6.51. The molecular formula is C25H25ClN2O5. The van der Waals surface area contributed by atoms with Gasteiger partial charge in [-0.3, -0.25) is 19.3 Å². The predicted molar refractivity (Wildman–Crippen MR) is 124 cm³/mol. The van der Waals surface area contributed by atoms with Crippen molar-refractivity contribution < 1.29 is 23.9 Å². The molecule has 2 aliphatic rings. The van der Waals surface area contributed by atoms with Crippen molar-refractivity contribution in [3.63, 3.8) is 0 Å². The van der Waals surface area contributed by atoms with E-state index in [0.717, 1.165) is 12.0 Å². The molecule has 1 N–H and O–H groups in total. The van der Waals surface area contributed by atoms with E-state index in [1.165, 1.54) is 17.0 Å². The third-order valence-corrected chi connectivity index (χ3v) is 6.57. The molecule has 8 heteroatoms. The van der Waals surface area contributed by atoms with E-state index in [9.17, 15) is 19.2 Å². The summed E-state index contributed by atoms with van der Waals surface area (Å²) < 4.78 is 5.14. The van der Waals surface area contributed by atoms with Gasteiger partial charge in [-0.15, -0.1) is 0 Å². The zero-order valence-corrected chi connectivity index (χ0v) is 19.2. The number of rotatable bonds is 5. The Labute approximate surface area is 197 Å². The molecule has 172 valence electrons. The Bertz CT molecular complexity index is 1130. The maximum Gasteiger partial charge on any atom is 0.338 e. The highest BCUT2D eigenvalue weighted by Crippen LogP contribution is 2.42. The number of carbonyl (C=O) groups excluding carboxylic acids is 4. The summed E-state index contributed by atoms with van der Waals surface area (Å²) >= 11 is 5.96. The average molecular weight is 469 g/mol. The zero-order valence-electron chi connectivity index (χ0n) is 18.5. The Balaban J connectivity index is 1.42. The van der Waals surface area contributed by atoms with E-state index < -0.39 is 18.5 Å². The maximum atomic E-state index is 12.9. The van der Waals surface area contributed by atoms with E-state index in [1.807, 2.05) is 6.92 Å². The van der Waals surface area contributed by atoms with Crippen LogP contribution < -0.4 is 10.2 Å². The molecule has 33 heavy (non-hydrogen) atoms. The standard InChI is InChI=1S/C25H25ClN2O5/c1-14-6-9-19-20(10-14)24(31)28(23(19)30)18-5-3-4-16(11-18)25(32)33-13-22(29)27-21-12-17(26)8-7-15(21)2/h3-5,7-8,11-12,14,19-20H,6,9-10,13H2,1-2H3,(H,27,29)/t14-,19+,20+/m0/s1. The van der Waals surface area contributed by atoms with Crippen LogP contribution in [0.1, 0.15) is 42.1 Å². The lowest BCUT2D eigenvalue weighted by Gasteiger charge is -2.25. The molecule has 3 atom stereocenters. The topological polar surface area (TPSA) is 92.8 Å². The minimum absolute atomic E-state index is 0.156. The summed E-state index contributed by atoms with van der Waals surface area (Å²) in [6, 6.07) is 11.3. The number of benzene rings is 2. The average Bonchev–Trinajstić information content (AvgIpc) is 3.04. The molecular weight excluding hydrogens is 444 g/mol. The molecule has 0 aromatic heterocycles. The molecule has 2 aromatic rings. The number of ether oxygens (including phenoxy) is 1. The summed E-state index contributed by atoms with van der Waals surface area (Å²) in [7, 11) is 0. The third-order valence-electron chi connectivity index (χ3n) is 6.34. The van der Waals surface area contributed by atoms with Gasteiger partial charge in [0.25, 0.3) is 5.91 Å². The Morgan fingerprint density at radius 1 is 1.09 bits per heavy atom. The van der Waals surface area contributed by atoms with Crippen LogP contribution in [0.4, 0.5) is 11.4 Å². The number of esters is 1. The molecule has 1 aliphatic carbocycles. The monoisotopic (exact) mass is 468 g/mol.